The SMILES string of the molecule is O=C(Nc1cnn(CC2CCCO2)c1)N1CCN(C(=O)c2ccc(O)cc2)CC1. The Kier molecular flexibility index (Phi) is 5.66. The second-order valence-electron chi connectivity index (χ2n) is 7.34. The van der Waals surface area contributed by atoms with Crippen LogP contribution in [0.15, 0.2) is 36.7 Å². The van der Waals surface area contributed by atoms with Gasteiger partial charge in [-0.3, -0.25) is 9.48 Å². The molecule has 1 unspecified atom stereocenters. The standard InChI is InChI=1S/C20H25N5O4/c26-17-5-3-15(4-6-17)19(27)23-7-9-24(10-8-23)20(28)22-16-12-21-25(13-16)14-18-2-1-11-29-18/h3-6,12-13,18,26H,1-2,7-11,14H2,(H,22,28). The third-order valence-corrected chi connectivity index (χ3v) is 5.27. The van der Waals surface area contributed by atoms with Crippen molar-refractivity contribution in [1.82, 2.24) is 19.6 Å². The van der Waals surface area contributed by atoms with E-state index in [0.717, 1.165) is 19.4 Å². The highest BCUT2D eigenvalue weighted by molar-refractivity contribution is 5.94. The van der Waals surface area contributed by atoms with Crippen molar-refractivity contribution in [2.75, 3.05) is 38.1 Å². The Bertz CT molecular complexity index is 852. The first kappa shape index (κ1) is 19.3. The molecule has 2 saturated heterocycles. The fraction of sp³-hybridized carbons (Fsp3) is 0.450. The number of urea groups is 1. The molecule has 2 aromatic rings. The number of phenols is 1. The molecule has 0 bridgehead atoms. The van der Waals surface area contributed by atoms with E-state index in [1.807, 2.05) is 6.20 Å². The first-order valence-electron chi connectivity index (χ1n) is 9.87. The number of hydrogen-bond acceptors (Lipinski definition) is 5. The fourth-order valence-electron chi connectivity index (χ4n) is 3.63. The Morgan fingerprint density at radius 3 is 2.55 bits per heavy atom. The number of carbonyl (C=O) groups is 2. The number of carbonyl (C=O) groups excluding carboxylic acids is 2. The van der Waals surface area contributed by atoms with Gasteiger partial charge in [0.05, 0.1) is 24.5 Å². The average Bonchev–Trinajstić information content (AvgIpc) is 3.41. The van der Waals surface area contributed by atoms with E-state index < -0.39 is 0 Å². The quantitative estimate of drug-likeness (QED) is 0.816. The van der Waals surface area contributed by atoms with Crippen LogP contribution in [-0.4, -0.2) is 75.5 Å². The minimum absolute atomic E-state index is 0.0968. The van der Waals surface area contributed by atoms with Crippen LogP contribution in [0.4, 0.5) is 10.5 Å². The van der Waals surface area contributed by atoms with Gasteiger partial charge in [-0.25, -0.2) is 4.79 Å². The summed E-state index contributed by atoms with van der Waals surface area (Å²) < 4.78 is 7.40. The van der Waals surface area contributed by atoms with Crippen LogP contribution in [-0.2, 0) is 11.3 Å². The van der Waals surface area contributed by atoms with E-state index in [1.165, 1.54) is 12.1 Å². The van der Waals surface area contributed by atoms with Crippen LogP contribution in [0.2, 0.25) is 0 Å². The first-order valence-corrected chi connectivity index (χ1v) is 9.87. The smallest absolute Gasteiger partial charge is 0.322 e. The van der Waals surface area contributed by atoms with Gasteiger partial charge < -0.3 is 25.0 Å². The number of hydrogen-bond donors (Lipinski definition) is 2. The maximum Gasteiger partial charge on any atom is 0.322 e. The number of aromatic hydroxyl groups is 1. The molecule has 3 amide bonds. The van der Waals surface area contributed by atoms with Crippen LogP contribution in [0.1, 0.15) is 23.2 Å². The van der Waals surface area contributed by atoms with Gasteiger partial charge in [-0.05, 0) is 37.1 Å². The summed E-state index contributed by atoms with van der Waals surface area (Å²) in [5, 5.41) is 16.5. The van der Waals surface area contributed by atoms with E-state index in [0.29, 0.717) is 44.0 Å². The van der Waals surface area contributed by atoms with Crippen LogP contribution in [0.25, 0.3) is 0 Å². The Labute approximate surface area is 168 Å². The van der Waals surface area contributed by atoms with Gasteiger partial charge in [0.2, 0.25) is 0 Å². The van der Waals surface area contributed by atoms with Crippen LogP contribution in [0.3, 0.4) is 0 Å². The zero-order valence-corrected chi connectivity index (χ0v) is 16.2. The molecule has 9 heteroatoms. The van der Waals surface area contributed by atoms with Gasteiger partial charge in [0.15, 0.2) is 0 Å². The summed E-state index contributed by atoms with van der Waals surface area (Å²) in [7, 11) is 0. The molecule has 0 aliphatic carbocycles. The van der Waals surface area contributed by atoms with Crippen LogP contribution < -0.4 is 5.32 Å². The molecule has 0 saturated carbocycles. The second-order valence-corrected chi connectivity index (χ2v) is 7.34. The maximum atomic E-state index is 12.5. The third kappa shape index (κ3) is 4.68. The van der Waals surface area contributed by atoms with Crippen molar-refractivity contribution >= 4 is 17.6 Å². The molecule has 2 aliphatic heterocycles. The highest BCUT2D eigenvalue weighted by Crippen LogP contribution is 2.16. The number of nitrogens with zero attached hydrogens (tertiary/aromatic N) is 4. The number of nitrogens with one attached hydrogen (secondary N) is 1. The van der Waals surface area contributed by atoms with Crippen LogP contribution >= 0.6 is 0 Å². The summed E-state index contributed by atoms with van der Waals surface area (Å²) in [6.45, 7) is 3.33. The van der Waals surface area contributed by atoms with Crippen molar-refractivity contribution in [2.45, 2.75) is 25.5 Å². The Morgan fingerprint density at radius 1 is 1.14 bits per heavy atom. The van der Waals surface area contributed by atoms with Crippen molar-refractivity contribution in [3.63, 3.8) is 0 Å². The number of amides is 3. The molecule has 2 fully saturated rings. The highest BCUT2D eigenvalue weighted by Gasteiger charge is 2.25. The Balaban J connectivity index is 1.26. The van der Waals surface area contributed by atoms with Gasteiger partial charge >= 0.3 is 6.03 Å². The number of anilines is 1. The summed E-state index contributed by atoms with van der Waals surface area (Å²) in [6, 6.07) is 6.00. The van der Waals surface area contributed by atoms with Crippen molar-refractivity contribution in [3.8, 4) is 5.75 Å². The molecule has 1 atom stereocenters. The van der Waals surface area contributed by atoms with E-state index in [9.17, 15) is 14.7 Å². The summed E-state index contributed by atoms with van der Waals surface area (Å²) >= 11 is 0. The number of ether oxygens (including phenoxy) is 1. The molecule has 154 valence electrons. The average molecular weight is 399 g/mol. The summed E-state index contributed by atoms with van der Waals surface area (Å²) in [4.78, 5) is 28.5. The molecule has 1 aromatic heterocycles. The molecule has 9 nitrogen and oxygen atoms in total. The molecule has 4 rings (SSSR count). The third-order valence-electron chi connectivity index (χ3n) is 5.27. The number of rotatable bonds is 4. The van der Waals surface area contributed by atoms with Crippen molar-refractivity contribution in [2.24, 2.45) is 0 Å². The van der Waals surface area contributed by atoms with E-state index >= 15 is 0 Å². The van der Waals surface area contributed by atoms with Gasteiger partial charge in [-0.1, -0.05) is 0 Å². The molecular weight excluding hydrogens is 374 g/mol. The number of benzene rings is 1. The van der Waals surface area contributed by atoms with Crippen molar-refractivity contribution in [3.05, 3.63) is 42.2 Å². The van der Waals surface area contributed by atoms with Gasteiger partial charge in [0, 0.05) is 44.5 Å². The summed E-state index contributed by atoms with van der Waals surface area (Å²) in [6.07, 6.45) is 5.75. The second kappa shape index (κ2) is 8.52. The zero-order chi connectivity index (χ0) is 20.2. The minimum Gasteiger partial charge on any atom is -0.508 e. The molecule has 1 aromatic carbocycles. The Hall–Kier alpha value is -3.07. The lowest BCUT2D eigenvalue weighted by atomic mass is 10.1. The minimum atomic E-state index is -0.196. The van der Waals surface area contributed by atoms with Gasteiger partial charge in [0.1, 0.15) is 5.75 Å². The monoisotopic (exact) mass is 399 g/mol. The first-order chi connectivity index (χ1) is 14.1. The predicted octanol–water partition coefficient (Wildman–Crippen LogP) is 1.76. The molecule has 0 radical (unpaired) electrons. The predicted molar refractivity (Wildman–Crippen MR) is 106 cm³/mol. The molecule has 0 spiro atoms. The van der Waals surface area contributed by atoms with Gasteiger partial charge in [0.25, 0.3) is 5.91 Å². The van der Waals surface area contributed by atoms with Crippen molar-refractivity contribution < 1.29 is 19.4 Å². The maximum absolute atomic E-state index is 12.5. The van der Waals surface area contributed by atoms with Gasteiger partial charge in [-0.15, -0.1) is 0 Å². The number of aromatic nitrogens is 2. The van der Waals surface area contributed by atoms with E-state index in [2.05, 4.69) is 10.4 Å². The lowest BCUT2D eigenvalue weighted by Crippen LogP contribution is -2.51. The van der Waals surface area contributed by atoms with Crippen molar-refractivity contribution in [1.29, 1.82) is 0 Å². The fourth-order valence-corrected chi connectivity index (χ4v) is 3.63. The highest BCUT2D eigenvalue weighted by atomic mass is 16.5. The molecule has 3 heterocycles. The largest absolute Gasteiger partial charge is 0.508 e. The van der Waals surface area contributed by atoms with Crippen LogP contribution in [0, 0.1) is 0 Å². The topological polar surface area (TPSA) is 99.9 Å². The molecule has 2 N–H and O–H groups in total. The normalized spacial score (nSPS) is 19.4. The molecule has 29 heavy (non-hydrogen) atoms. The van der Waals surface area contributed by atoms with E-state index in [-0.39, 0.29) is 23.8 Å². The lowest BCUT2D eigenvalue weighted by Gasteiger charge is -2.34. The van der Waals surface area contributed by atoms with Crippen LogP contribution in [0.5, 0.6) is 5.75 Å². The number of phenolic OH excluding ortho intramolecular Hbond substituents is 1. The lowest BCUT2D eigenvalue weighted by molar-refractivity contribution is 0.0671. The molecular formula is C20H25N5O4. The van der Waals surface area contributed by atoms with E-state index in [1.54, 1.807) is 32.8 Å². The number of piperazine rings is 1. The van der Waals surface area contributed by atoms with E-state index in [4.69, 9.17) is 4.74 Å². The zero-order valence-electron chi connectivity index (χ0n) is 16.2. The Morgan fingerprint density at radius 2 is 1.86 bits per heavy atom. The molecule has 2 aliphatic rings. The summed E-state index contributed by atoms with van der Waals surface area (Å²) in [5.74, 6) is 0.0302. The van der Waals surface area contributed by atoms with Gasteiger partial charge in [-0.2, -0.15) is 5.10 Å². The summed E-state index contributed by atoms with van der Waals surface area (Å²) in [5.41, 5.74) is 1.18.